The van der Waals surface area contributed by atoms with Crippen molar-refractivity contribution in [3.05, 3.63) is 34.3 Å². The maximum atomic E-state index is 11.9. The zero-order valence-corrected chi connectivity index (χ0v) is 15.0. The standard InChI is InChI=1S/C16H18ClNO4S/c1-16(2,21-4)9-22-12-6-10(14-18-8-13(17)23-14)5-11(7-12)15(19)20-3/h5-8H,9H2,1-4H3. The van der Waals surface area contributed by atoms with E-state index in [2.05, 4.69) is 4.98 Å². The number of rotatable bonds is 6. The summed E-state index contributed by atoms with van der Waals surface area (Å²) in [7, 11) is 2.96. The molecule has 2 aromatic rings. The second-order valence-corrected chi connectivity index (χ2v) is 7.12. The predicted octanol–water partition coefficient (Wildman–Crippen LogP) is 4.05. The predicted molar refractivity (Wildman–Crippen MR) is 90.5 cm³/mol. The third-order valence-corrected chi connectivity index (χ3v) is 4.35. The monoisotopic (exact) mass is 355 g/mol. The summed E-state index contributed by atoms with van der Waals surface area (Å²) in [6, 6.07) is 5.15. The fourth-order valence-electron chi connectivity index (χ4n) is 1.75. The highest BCUT2D eigenvalue weighted by Crippen LogP contribution is 2.32. The molecule has 0 amide bonds. The Labute approximate surface area is 144 Å². The van der Waals surface area contributed by atoms with Crippen molar-refractivity contribution in [1.29, 1.82) is 0 Å². The van der Waals surface area contributed by atoms with Crippen molar-refractivity contribution >= 4 is 28.9 Å². The number of esters is 1. The van der Waals surface area contributed by atoms with Gasteiger partial charge in [-0.3, -0.25) is 0 Å². The van der Waals surface area contributed by atoms with Gasteiger partial charge in [0.15, 0.2) is 0 Å². The Morgan fingerprint density at radius 2 is 2.04 bits per heavy atom. The number of nitrogens with zero attached hydrogens (tertiary/aromatic N) is 1. The molecule has 0 saturated heterocycles. The summed E-state index contributed by atoms with van der Waals surface area (Å²) in [5, 5.41) is 0.705. The van der Waals surface area contributed by atoms with Crippen LogP contribution in [0.4, 0.5) is 0 Å². The molecule has 0 aliphatic heterocycles. The molecule has 0 aliphatic rings. The average molecular weight is 356 g/mol. The third-order valence-electron chi connectivity index (χ3n) is 3.19. The molecule has 0 fully saturated rings. The molecule has 1 heterocycles. The number of hydrogen-bond donors (Lipinski definition) is 0. The van der Waals surface area contributed by atoms with Crippen molar-refractivity contribution in [2.24, 2.45) is 0 Å². The number of thiazole rings is 1. The van der Waals surface area contributed by atoms with E-state index in [1.807, 2.05) is 19.9 Å². The van der Waals surface area contributed by atoms with Crippen LogP contribution in [0.3, 0.4) is 0 Å². The first kappa shape index (κ1) is 17.7. The Morgan fingerprint density at radius 1 is 1.30 bits per heavy atom. The van der Waals surface area contributed by atoms with Gasteiger partial charge in [-0.1, -0.05) is 11.6 Å². The molecule has 0 bridgehead atoms. The summed E-state index contributed by atoms with van der Waals surface area (Å²) in [6.45, 7) is 4.17. The molecule has 0 unspecified atom stereocenters. The van der Waals surface area contributed by atoms with E-state index >= 15 is 0 Å². The van der Waals surface area contributed by atoms with Crippen LogP contribution in [0.2, 0.25) is 4.34 Å². The highest BCUT2D eigenvalue weighted by Gasteiger charge is 2.19. The second kappa shape index (κ2) is 7.29. The van der Waals surface area contributed by atoms with E-state index < -0.39 is 11.6 Å². The van der Waals surface area contributed by atoms with E-state index in [1.165, 1.54) is 18.4 Å². The lowest BCUT2D eigenvalue weighted by Gasteiger charge is -2.23. The van der Waals surface area contributed by atoms with Crippen LogP contribution in [0, 0.1) is 0 Å². The van der Waals surface area contributed by atoms with Crippen molar-refractivity contribution in [2.75, 3.05) is 20.8 Å². The Balaban J connectivity index is 2.35. The van der Waals surface area contributed by atoms with Gasteiger partial charge in [0, 0.05) is 12.7 Å². The first-order valence-corrected chi connectivity index (χ1v) is 8.07. The molecule has 23 heavy (non-hydrogen) atoms. The van der Waals surface area contributed by atoms with Gasteiger partial charge in [0.25, 0.3) is 0 Å². The Bertz CT molecular complexity index is 699. The van der Waals surface area contributed by atoms with Gasteiger partial charge < -0.3 is 14.2 Å². The summed E-state index contributed by atoms with van der Waals surface area (Å²) in [4.78, 5) is 16.1. The maximum absolute atomic E-state index is 11.9. The fraction of sp³-hybridized carbons (Fsp3) is 0.375. The third kappa shape index (κ3) is 4.67. The summed E-state index contributed by atoms with van der Waals surface area (Å²) in [5.74, 6) is 0.102. The highest BCUT2D eigenvalue weighted by atomic mass is 35.5. The molecule has 0 atom stereocenters. The quantitative estimate of drug-likeness (QED) is 0.731. The summed E-state index contributed by atoms with van der Waals surface area (Å²) in [6.07, 6.45) is 1.57. The molecular formula is C16H18ClNO4S. The molecule has 0 spiro atoms. The molecule has 7 heteroatoms. The lowest BCUT2D eigenvalue weighted by atomic mass is 10.1. The van der Waals surface area contributed by atoms with Crippen molar-refractivity contribution in [3.63, 3.8) is 0 Å². The van der Waals surface area contributed by atoms with Gasteiger partial charge >= 0.3 is 5.97 Å². The smallest absolute Gasteiger partial charge is 0.338 e. The molecule has 2 rings (SSSR count). The van der Waals surface area contributed by atoms with E-state index in [9.17, 15) is 4.79 Å². The van der Waals surface area contributed by atoms with Gasteiger partial charge in [0.05, 0.1) is 24.5 Å². The second-order valence-electron chi connectivity index (χ2n) is 5.46. The van der Waals surface area contributed by atoms with E-state index in [0.29, 0.717) is 27.3 Å². The van der Waals surface area contributed by atoms with Crippen molar-refractivity contribution < 1.29 is 19.0 Å². The number of methoxy groups -OCH3 is 2. The molecule has 0 saturated carbocycles. The van der Waals surface area contributed by atoms with Gasteiger partial charge in [0.1, 0.15) is 21.7 Å². The molecule has 1 aromatic heterocycles. The number of halogens is 1. The molecule has 5 nitrogen and oxygen atoms in total. The van der Waals surface area contributed by atoms with Crippen LogP contribution in [0.15, 0.2) is 24.4 Å². The number of benzene rings is 1. The van der Waals surface area contributed by atoms with Gasteiger partial charge in [-0.2, -0.15) is 0 Å². The molecule has 0 N–H and O–H groups in total. The van der Waals surface area contributed by atoms with Gasteiger partial charge in [-0.25, -0.2) is 9.78 Å². The molecular weight excluding hydrogens is 338 g/mol. The Hall–Kier alpha value is -1.63. The van der Waals surface area contributed by atoms with Crippen molar-refractivity contribution in [3.8, 4) is 16.3 Å². The Kier molecular flexibility index (Phi) is 5.62. The van der Waals surface area contributed by atoms with Crippen molar-refractivity contribution in [1.82, 2.24) is 4.98 Å². The molecule has 0 radical (unpaired) electrons. The molecule has 0 aliphatic carbocycles. The minimum Gasteiger partial charge on any atom is -0.491 e. The SMILES string of the molecule is COC(=O)c1cc(OCC(C)(C)OC)cc(-c2ncc(Cl)s2)c1. The summed E-state index contributed by atoms with van der Waals surface area (Å²) in [5.41, 5.74) is 0.697. The van der Waals surface area contributed by atoms with Gasteiger partial charge in [0.2, 0.25) is 0 Å². The van der Waals surface area contributed by atoms with Crippen LogP contribution in [-0.4, -0.2) is 37.4 Å². The zero-order valence-electron chi connectivity index (χ0n) is 13.4. The number of carbonyl (C=O) groups excluding carboxylic acids is 1. The summed E-state index contributed by atoms with van der Waals surface area (Å²) >= 11 is 7.26. The van der Waals surface area contributed by atoms with E-state index in [4.69, 9.17) is 25.8 Å². The van der Waals surface area contributed by atoms with Crippen LogP contribution in [0.5, 0.6) is 5.75 Å². The minimum absolute atomic E-state index is 0.339. The lowest BCUT2D eigenvalue weighted by molar-refractivity contribution is -0.0146. The average Bonchev–Trinajstić information content (AvgIpc) is 2.98. The largest absolute Gasteiger partial charge is 0.491 e. The zero-order chi connectivity index (χ0) is 17.0. The molecule has 124 valence electrons. The molecule has 1 aromatic carbocycles. The van der Waals surface area contributed by atoms with E-state index in [1.54, 1.807) is 25.4 Å². The number of ether oxygens (including phenoxy) is 3. The fourth-order valence-corrected chi connectivity index (χ4v) is 2.64. The number of aromatic nitrogens is 1. The maximum Gasteiger partial charge on any atom is 0.338 e. The van der Waals surface area contributed by atoms with Crippen molar-refractivity contribution in [2.45, 2.75) is 19.4 Å². The first-order chi connectivity index (χ1) is 10.8. The van der Waals surface area contributed by atoms with Crippen LogP contribution in [0.25, 0.3) is 10.6 Å². The topological polar surface area (TPSA) is 57.7 Å². The van der Waals surface area contributed by atoms with Gasteiger partial charge in [-0.15, -0.1) is 11.3 Å². The van der Waals surface area contributed by atoms with Crippen LogP contribution < -0.4 is 4.74 Å². The Morgan fingerprint density at radius 3 is 2.61 bits per heavy atom. The highest BCUT2D eigenvalue weighted by molar-refractivity contribution is 7.18. The number of hydrogen-bond acceptors (Lipinski definition) is 6. The first-order valence-electron chi connectivity index (χ1n) is 6.87. The van der Waals surface area contributed by atoms with Crippen LogP contribution in [0.1, 0.15) is 24.2 Å². The normalized spacial score (nSPS) is 11.3. The summed E-state index contributed by atoms with van der Waals surface area (Å²) < 4.78 is 16.5. The van der Waals surface area contributed by atoms with Gasteiger partial charge in [-0.05, 0) is 32.0 Å². The van der Waals surface area contributed by atoms with E-state index in [-0.39, 0.29) is 0 Å². The van der Waals surface area contributed by atoms with E-state index in [0.717, 1.165) is 5.56 Å². The minimum atomic E-state index is -0.439. The van der Waals surface area contributed by atoms with Crippen LogP contribution >= 0.6 is 22.9 Å². The lowest BCUT2D eigenvalue weighted by Crippen LogP contribution is -2.30. The van der Waals surface area contributed by atoms with Crippen LogP contribution in [-0.2, 0) is 9.47 Å². The number of carbonyl (C=O) groups is 1.